The Morgan fingerprint density at radius 2 is 2.14 bits per heavy atom. The molecular weight excluding hydrogens is 172 g/mol. The van der Waals surface area contributed by atoms with E-state index < -0.39 is 0 Å². The Bertz CT molecular complexity index is 403. The van der Waals surface area contributed by atoms with E-state index in [0.29, 0.717) is 0 Å². The molecule has 0 radical (unpaired) electrons. The van der Waals surface area contributed by atoms with Gasteiger partial charge in [0, 0.05) is 17.9 Å². The van der Waals surface area contributed by atoms with Gasteiger partial charge >= 0.3 is 0 Å². The van der Waals surface area contributed by atoms with Crippen LogP contribution in [0.3, 0.4) is 0 Å². The number of nitrogens with one attached hydrogen (secondary N) is 1. The highest BCUT2D eigenvalue weighted by atomic mass is 14.9. The molecule has 0 aliphatic carbocycles. The van der Waals surface area contributed by atoms with Gasteiger partial charge in [0.05, 0.1) is 0 Å². The lowest BCUT2D eigenvalue weighted by atomic mass is 10.2. The first-order valence-corrected chi connectivity index (χ1v) is 5.17. The standard InChI is InChI=1S/C12H16N2/c1-2-13-8-6-11-7-10-14-9-4-3-5-12(11)14/h3-5,7,9-10,13H,2,6,8H2,1H3. The van der Waals surface area contributed by atoms with E-state index in [2.05, 4.69) is 53.3 Å². The summed E-state index contributed by atoms with van der Waals surface area (Å²) in [6.07, 6.45) is 5.32. The van der Waals surface area contributed by atoms with Crippen LogP contribution in [0.2, 0.25) is 0 Å². The van der Waals surface area contributed by atoms with Crippen molar-refractivity contribution < 1.29 is 0 Å². The maximum atomic E-state index is 3.34. The van der Waals surface area contributed by atoms with Crippen molar-refractivity contribution in [2.45, 2.75) is 13.3 Å². The largest absolute Gasteiger partial charge is 0.324 e. The molecule has 2 aromatic rings. The Hall–Kier alpha value is -1.28. The average molecular weight is 188 g/mol. The molecule has 2 aromatic heterocycles. The smallest absolute Gasteiger partial charge is 0.0482 e. The minimum atomic E-state index is 1.05. The Balaban J connectivity index is 2.17. The molecule has 0 amide bonds. The first-order valence-electron chi connectivity index (χ1n) is 5.17. The van der Waals surface area contributed by atoms with Gasteiger partial charge < -0.3 is 9.72 Å². The van der Waals surface area contributed by atoms with E-state index >= 15 is 0 Å². The quantitative estimate of drug-likeness (QED) is 0.727. The Morgan fingerprint density at radius 3 is 3.00 bits per heavy atom. The highest BCUT2D eigenvalue weighted by molar-refractivity contribution is 5.55. The summed E-state index contributed by atoms with van der Waals surface area (Å²) < 4.78 is 2.17. The molecule has 0 atom stereocenters. The van der Waals surface area contributed by atoms with Crippen LogP contribution in [0.1, 0.15) is 12.5 Å². The van der Waals surface area contributed by atoms with Crippen molar-refractivity contribution in [2.24, 2.45) is 0 Å². The highest BCUT2D eigenvalue weighted by Crippen LogP contribution is 2.12. The van der Waals surface area contributed by atoms with E-state index in [-0.39, 0.29) is 0 Å². The lowest BCUT2D eigenvalue weighted by Gasteiger charge is -2.01. The van der Waals surface area contributed by atoms with E-state index in [1.807, 2.05) is 0 Å². The van der Waals surface area contributed by atoms with Crippen molar-refractivity contribution in [2.75, 3.05) is 13.1 Å². The molecule has 2 rings (SSSR count). The van der Waals surface area contributed by atoms with Gasteiger partial charge in [0.15, 0.2) is 0 Å². The Morgan fingerprint density at radius 1 is 1.21 bits per heavy atom. The van der Waals surface area contributed by atoms with Gasteiger partial charge in [0.25, 0.3) is 0 Å². The molecule has 0 aromatic carbocycles. The van der Waals surface area contributed by atoms with Gasteiger partial charge in [-0.25, -0.2) is 0 Å². The van der Waals surface area contributed by atoms with Gasteiger partial charge in [0.1, 0.15) is 0 Å². The molecule has 14 heavy (non-hydrogen) atoms. The minimum Gasteiger partial charge on any atom is -0.324 e. The fourth-order valence-corrected chi connectivity index (χ4v) is 1.73. The van der Waals surface area contributed by atoms with E-state index in [9.17, 15) is 0 Å². The van der Waals surface area contributed by atoms with E-state index in [0.717, 1.165) is 19.5 Å². The molecular formula is C12H16N2. The number of rotatable bonds is 4. The predicted octanol–water partition coefficient (Wildman–Crippen LogP) is 2.09. The van der Waals surface area contributed by atoms with Crippen molar-refractivity contribution >= 4 is 5.52 Å². The van der Waals surface area contributed by atoms with E-state index in [1.165, 1.54) is 11.1 Å². The molecule has 2 heterocycles. The van der Waals surface area contributed by atoms with Crippen LogP contribution in [0.5, 0.6) is 0 Å². The summed E-state index contributed by atoms with van der Waals surface area (Å²) in [5, 5.41) is 3.34. The van der Waals surface area contributed by atoms with Gasteiger partial charge in [-0.05, 0) is 43.3 Å². The lowest BCUT2D eigenvalue weighted by molar-refractivity contribution is 0.718. The van der Waals surface area contributed by atoms with Crippen LogP contribution in [-0.4, -0.2) is 17.5 Å². The molecule has 0 saturated heterocycles. The number of pyridine rings is 1. The van der Waals surface area contributed by atoms with Crippen molar-refractivity contribution in [3.05, 3.63) is 42.2 Å². The van der Waals surface area contributed by atoms with Crippen molar-refractivity contribution in [1.82, 2.24) is 9.72 Å². The highest BCUT2D eigenvalue weighted by Gasteiger charge is 1.99. The molecule has 2 heteroatoms. The first kappa shape index (κ1) is 9.28. The molecule has 0 fully saturated rings. The van der Waals surface area contributed by atoms with Crippen LogP contribution in [0.25, 0.3) is 5.52 Å². The molecule has 0 saturated carbocycles. The summed E-state index contributed by atoms with van der Waals surface area (Å²) >= 11 is 0. The van der Waals surface area contributed by atoms with Crippen LogP contribution < -0.4 is 5.32 Å². The van der Waals surface area contributed by atoms with E-state index in [1.54, 1.807) is 0 Å². The molecule has 0 aliphatic heterocycles. The third-order valence-electron chi connectivity index (χ3n) is 2.48. The van der Waals surface area contributed by atoms with Crippen LogP contribution in [-0.2, 0) is 6.42 Å². The molecule has 1 N–H and O–H groups in total. The zero-order valence-electron chi connectivity index (χ0n) is 8.53. The molecule has 0 spiro atoms. The van der Waals surface area contributed by atoms with Gasteiger partial charge in [-0.15, -0.1) is 0 Å². The topological polar surface area (TPSA) is 16.4 Å². The van der Waals surface area contributed by atoms with Gasteiger partial charge in [-0.2, -0.15) is 0 Å². The third kappa shape index (κ3) is 1.80. The summed E-state index contributed by atoms with van der Waals surface area (Å²) in [5.41, 5.74) is 2.75. The van der Waals surface area contributed by atoms with Gasteiger partial charge in [-0.1, -0.05) is 13.0 Å². The summed E-state index contributed by atoms with van der Waals surface area (Å²) in [6, 6.07) is 8.51. The minimum absolute atomic E-state index is 1.05. The third-order valence-corrected chi connectivity index (χ3v) is 2.48. The number of hydrogen-bond donors (Lipinski definition) is 1. The average Bonchev–Trinajstić information content (AvgIpc) is 2.63. The van der Waals surface area contributed by atoms with Crippen molar-refractivity contribution in [1.29, 1.82) is 0 Å². The summed E-state index contributed by atoms with van der Waals surface area (Å²) in [5.74, 6) is 0. The fourth-order valence-electron chi connectivity index (χ4n) is 1.73. The lowest BCUT2D eigenvalue weighted by Crippen LogP contribution is -2.15. The van der Waals surface area contributed by atoms with Crippen LogP contribution in [0.15, 0.2) is 36.7 Å². The predicted molar refractivity (Wildman–Crippen MR) is 59.6 cm³/mol. The first-order chi connectivity index (χ1) is 6.92. The van der Waals surface area contributed by atoms with Crippen molar-refractivity contribution in [3.8, 4) is 0 Å². The Kier molecular flexibility index (Phi) is 2.84. The maximum absolute atomic E-state index is 3.34. The molecule has 0 bridgehead atoms. The molecule has 0 unspecified atom stereocenters. The second kappa shape index (κ2) is 4.29. The van der Waals surface area contributed by atoms with Gasteiger partial charge in [-0.3, -0.25) is 0 Å². The van der Waals surface area contributed by atoms with E-state index in [4.69, 9.17) is 0 Å². The summed E-state index contributed by atoms with van der Waals surface area (Å²) in [4.78, 5) is 0. The monoisotopic (exact) mass is 188 g/mol. The number of fused-ring (bicyclic) bond motifs is 1. The molecule has 0 aliphatic rings. The second-order valence-corrected chi connectivity index (χ2v) is 3.44. The van der Waals surface area contributed by atoms with Crippen LogP contribution in [0.4, 0.5) is 0 Å². The second-order valence-electron chi connectivity index (χ2n) is 3.44. The number of aromatic nitrogens is 1. The summed E-state index contributed by atoms with van der Waals surface area (Å²) in [6.45, 7) is 4.24. The number of hydrogen-bond acceptors (Lipinski definition) is 1. The molecule has 2 nitrogen and oxygen atoms in total. The van der Waals surface area contributed by atoms with Crippen molar-refractivity contribution in [3.63, 3.8) is 0 Å². The van der Waals surface area contributed by atoms with Crippen LogP contribution in [0, 0.1) is 0 Å². The SMILES string of the molecule is CCNCCc1ccn2ccccc12. The zero-order chi connectivity index (χ0) is 9.80. The number of likely N-dealkylation sites (N-methyl/N-ethyl adjacent to an activating group) is 1. The summed E-state index contributed by atoms with van der Waals surface area (Å²) in [7, 11) is 0. The fraction of sp³-hybridized carbons (Fsp3) is 0.333. The Labute approximate surface area is 84.6 Å². The van der Waals surface area contributed by atoms with Gasteiger partial charge in [0.2, 0.25) is 0 Å². The zero-order valence-corrected chi connectivity index (χ0v) is 8.53. The van der Waals surface area contributed by atoms with Crippen LogP contribution >= 0.6 is 0 Å². The molecule has 74 valence electrons. The number of nitrogens with zero attached hydrogens (tertiary/aromatic N) is 1. The normalized spacial score (nSPS) is 10.9. The maximum Gasteiger partial charge on any atom is 0.0482 e.